The number of benzene rings is 1. The summed E-state index contributed by atoms with van der Waals surface area (Å²) < 4.78 is 2.76. The zero-order valence-corrected chi connectivity index (χ0v) is 12.5. The molecule has 0 spiro atoms. The highest BCUT2D eigenvalue weighted by Gasteiger charge is 2.23. The SMILES string of the molecule is O=C(O)c1cn(C2CCCC2)nc1-c1cccc(Br)c1. The number of hydrogen-bond donors (Lipinski definition) is 1. The van der Waals surface area contributed by atoms with Crippen LogP contribution in [0.4, 0.5) is 0 Å². The van der Waals surface area contributed by atoms with Crippen LogP contribution in [0.5, 0.6) is 0 Å². The Bertz CT molecular complexity index is 645. The molecule has 0 unspecified atom stereocenters. The molecule has 0 radical (unpaired) electrons. The second-order valence-electron chi connectivity index (χ2n) is 5.13. The molecule has 0 bridgehead atoms. The summed E-state index contributed by atoms with van der Waals surface area (Å²) >= 11 is 3.41. The van der Waals surface area contributed by atoms with Crippen molar-refractivity contribution in [1.29, 1.82) is 0 Å². The van der Waals surface area contributed by atoms with E-state index in [2.05, 4.69) is 21.0 Å². The van der Waals surface area contributed by atoms with Crippen LogP contribution in [0.2, 0.25) is 0 Å². The molecule has 1 aromatic heterocycles. The van der Waals surface area contributed by atoms with Gasteiger partial charge >= 0.3 is 5.97 Å². The first-order valence-corrected chi connectivity index (χ1v) is 7.53. The summed E-state index contributed by atoms with van der Waals surface area (Å²) in [6.07, 6.45) is 6.23. The summed E-state index contributed by atoms with van der Waals surface area (Å²) in [5.41, 5.74) is 1.65. The van der Waals surface area contributed by atoms with Gasteiger partial charge in [-0.05, 0) is 25.0 Å². The van der Waals surface area contributed by atoms with E-state index in [-0.39, 0.29) is 5.56 Å². The van der Waals surface area contributed by atoms with Crippen LogP contribution in [-0.2, 0) is 0 Å². The van der Waals surface area contributed by atoms with Crippen molar-refractivity contribution in [2.24, 2.45) is 0 Å². The van der Waals surface area contributed by atoms with Crippen LogP contribution in [0.1, 0.15) is 42.1 Å². The molecule has 1 fully saturated rings. The summed E-state index contributed by atoms with van der Waals surface area (Å²) in [5.74, 6) is -0.927. The van der Waals surface area contributed by atoms with Crippen LogP contribution in [0, 0.1) is 0 Å². The number of carboxylic acids is 1. The van der Waals surface area contributed by atoms with E-state index in [0.29, 0.717) is 11.7 Å². The molecule has 5 heteroatoms. The van der Waals surface area contributed by atoms with Gasteiger partial charge in [0, 0.05) is 16.2 Å². The van der Waals surface area contributed by atoms with Gasteiger partial charge in [-0.1, -0.05) is 40.9 Å². The zero-order valence-electron chi connectivity index (χ0n) is 10.9. The molecular weight excluding hydrogens is 320 g/mol. The largest absolute Gasteiger partial charge is 0.478 e. The first-order chi connectivity index (χ1) is 9.65. The molecule has 1 aliphatic rings. The minimum Gasteiger partial charge on any atom is -0.478 e. The van der Waals surface area contributed by atoms with Crippen molar-refractivity contribution < 1.29 is 9.90 Å². The average molecular weight is 335 g/mol. The Balaban J connectivity index is 2.06. The van der Waals surface area contributed by atoms with Crippen LogP contribution in [0.3, 0.4) is 0 Å². The lowest BCUT2D eigenvalue weighted by Gasteiger charge is -2.08. The number of nitrogens with zero attached hydrogens (tertiary/aromatic N) is 2. The molecule has 0 amide bonds. The van der Waals surface area contributed by atoms with Gasteiger partial charge in [-0.3, -0.25) is 4.68 Å². The van der Waals surface area contributed by atoms with E-state index in [0.717, 1.165) is 22.9 Å². The quantitative estimate of drug-likeness (QED) is 0.918. The molecule has 0 atom stereocenters. The van der Waals surface area contributed by atoms with Gasteiger partial charge in [0.05, 0.1) is 6.04 Å². The minimum absolute atomic E-state index is 0.273. The number of carbonyl (C=O) groups is 1. The summed E-state index contributed by atoms with van der Waals surface area (Å²) in [6.45, 7) is 0. The maximum atomic E-state index is 11.4. The summed E-state index contributed by atoms with van der Waals surface area (Å²) in [4.78, 5) is 11.4. The van der Waals surface area contributed by atoms with Crippen LogP contribution in [0.15, 0.2) is 34.9 Å². The number of hydrogen-bond acceptors (Lipinski definition) is 2. The molecule has 1 N–H and O–H groups in total. The summed E-state index contributed by atoms with van der Waals surface area (Å²) in [6, 6.07) is 7.93. The lowest BCUT2D eigenvalue weighted by molar-refractivity contribution is 0.0697. The summed E-state index contributed by atoms with van der Waals surface area (Å²) in [5, 5.41) is 13.9. The Morgan fingerprint density at radius 2 is 2.10 bits per heavy atom. The van der Waals surface area contributed by atoms with Gasteiger partial charge in [0.2, 0.25) is 0 Å². The fourth-order valence-corrected chi connectivity index (χ4v) is 3.15. The van der Waals surface area contributed by atoms with E-state index in [4.69, 9.17) is 0 Å². The smallest absolute Gasteiger partial charge is 0.339 e. The first kappa shape index (κ1) is 13.4. The average Bonchev–Trinajstić information content (AvgIpc) is 3.08. The van der Waals surface area contributed by atoms with Gasteiger partial charge in [-0.25, -0.2) is 4.79 Å². The van der Waals surface area contributed by atoms with Gasteiger partial charge in [0.1, 0.15) is 11.3 Å². The van der Waals surface area contributed by atoms with Gasteiger partial charge in [-0.2, -0.15) is 5.10 Å². The van der Waals surface area contributed by atoms with Gasteiger partial charge in [0.15, 0.2) is 0 Å². The molecule has 1 saturated carbocycles. The monoisotopic (exact) mass is 334 g/mol. The lowest BCUT2D eigenvalue weighted by Crippen LogP contribution is -2.05. The second kappa shape index (κ2) is 5.40. The number of aromatic carboxylic acids is 1. The molecule has 3 rings (SSSR count). The fraction of sp³-hybridized carbons (Fsp3) is 0.333. The van der Waals surface area contributed by atoms with Crippen molar-refractivity contribution in [2.45, 2.75) is 31.7 Å². The van der Waals surface area contributed by atoms with Crippen molar-refractivity contribution in [1.82, 2.24) is 9.78 Å². The molecule has 2 aromatic rings. The van der Waals surface area contributed by atoms with Crippen molar-refractivity contribution in [3.8, 4) is 11.3 Å². The maximum Gasteiger partial charge on any atom is 0.339 e. The van der Waals surface area contributed by atoms with E-state index >= 15 is 0 Å². The maximum absolute atomic E-state index is 11.4. The number of halogens is 1. The lowest BCUT2D eigenvalue weighted by atomic mass is 10.1. The zero-order chi connectivity index (χ0) is 14.1. The third-order valence-corrected chi connectivity index (χ3v) is 4.25. The highest BCUT2D eigenvalue weighted by Crippen LogP contribution is 2.32. The minimum atomic E-state index is -0.927. The molecule has 0 aliphatic heterocycles. The fourth-order valence-electron chi connectivity index (χ4n) is 2.75. The predicted molar refractivity (Wildman–Crippen MR) is 79.8 cm³/mol. The van der Waals surface area contributed by atoms with Crippen LogP contribution in [0.25, 0.3) is 11.3 Å². The highest BCUT2D eigenvalue weighted by atomic mass is 79.9. The van der Waals surface area contributed by atoms with Crippen molar-refractivity contribution >= 4 is 21.9 Å². The van der Waals surface area contributed by atoms with Crippen molar-refractivity contribution in [3.63, 3.8) is 0 Å². The second-order valence-corrected chi connectivity index (χ2v) is 6.04. The van der Waals surface area contributed by atoms with E-state index in [9.17, 15) is 9.90 Å². The molecule has 0 saturated heterocycles. The molecule has 104 valence electrons. The Morgan fingerprint density at radius 3 is 2.75 bits per heavy atom. The van der Waals surface area contributed by atoms with Gasteiger partial charge in [-0.15, -0.1) is 0 Å². The third-order valence-electron chi connectivity index (χ3n) is 3.76. The Kier molecular flexibility index (Phi) is 3.61. The van der Waals surface area contributed by atoms with Gasteiger partial charge in [0.25, 0.3) is 0 Å². The van der Waals surface area contributed by atoms with Gasteiger partial charge < -0.3 is 5.11 Å². The number of carboxylic acid groups (broad SMARTS) is 1. The molecule has 1 aliphatic carbocycles. The molecular formula is C15H15BrN2O2. The topological polar surface area (TPSA) is 55.1 Å². The Labute approximate surface area is 125 Å². The van der Waals surface area contributed by atoms with Crippen LogP contribution in [-0.4, -0.2) is 20.9 Å². The number of aromatic nitrogens is 2. The molecule has 1 aromatic carbocycles. The molecule has 1 heterocycles. The molecule has 20 heavy (non-hydrogen) atoms. The first-order valence-electron chi connectivity index (χ1n) is 6.73. The van der Waals surface area contributed by atoms with E-state index in [1.165, 1.54) is 12.8 Å². The van der Waals surface area contributed by atoms with Crippen LogP contribution >= 0.6 is 15.9 Å². The third kappa shape index (κ3) is 2.50. The predicted octanol–water partition coefficient (Wildman–Crippen LogP) is 4.13. The van der Waals surface area contributed by atoms with Crippen molar-refractivity contribution in [3.05, 3.63) is 40.5 Å². The normalized spacial score (nSPS) is 15.7. The number of rotatable bonds is 3. The Morgan fingerprint density at radius 1 is 1.35 bits per heavy atom. The van der Waals surface area contributed by atoms with E-state index < -0.39 is 5.97 Å². The highest BCUT2D eigenvalue weighted by molar-refractivity contribution is 9.10. The van der Waals surface area contributed by atoms with Crippen molar-refractivity contribution in [2.75, 3.05) is 0 Å². The Hall–Kier alpha value is -1.62. The molecule has 4 nitrogen and oxygen atoms in total. The standard InChI is InChI=1S/C15H15BrN2O2/c16-11-5-3-4-10(8-11)14-13(15(19)20)9-18(17-14)12-6-1-2-7-12/h3-5,8-9,12H,1-2,6-7H2,(H,19,20). The van der Waals surface area contributed by atoms with Crippen LogP contribution < -0.4 is 0 Å². The van der Waals surface area contributed by atoms with E-state index in [1.54, 1.807) is 6.20 Å². The van der Waals surface area contributed by atoms with E-state index in [1.807, 2.05) is 28.9 Å². The summed E-state index contributed by atoms with van der Waals surface area (Å²) in [7, 11) is 0.